The fraction of sp³-hybridized carbons (Fsp3) is 0.500. The molecule has 1 atom stereocenters. The lowest BCUT2D eigenvalue weighted by molar-refractivity contribution is -0.137. The molecule has 0 bridgehead atoms. The molecule has 1 saturated carbocycles. The fourth-order valence-electron chi connectivity index (χ4n) is 1.68. The van der Waals surface area contributed by atoms with E-state index in [1.165, 1.54) is 12.1 Å². The van der Waals surface area contributed by atoms with Crippen LogP contribution in [0.2, 0.25) is 0 Å². The van der Waals surface area contributed by atoms with Crippen molar-refractivity contribution in [3.8, 4) is 0 Å². The van der Waals surface area contributed by atoms with E-state index in [2.05, 4.69) is 0 Å². The Morgan fingerprint density at radius 1 is 1.19 bits per heavy atom. The first-order valence-electron chi connectivity index (χ1n) is 5.27. The predicted molar refractivity (Wildman–Crippen MR) is 57.5 cm³/mol. The van der Waals surface area contributed by atoms with Crippen molar-refractivity contribution in [1.29, 1.82) is 0 Å². The van der Waals surface area contributed by atoms with Crippen molar-refractivity contribution in [3.63, 3.8) is 0 Å². The zero-order chi connectivity index (χ0) is 11.8. The van der Waals surface area contributed by atoms with E-state index in [4.69, 9.17) is 11.6 Å². The van der Waals surface area contributed by atoms with Crippen LogP contribution in [0.3, 0.4) is 0 Å². The van der Waals surface area contributed by atoms with E-state index < -0.39 is 11.7 Å². The SMILES string of the molecule is FC(F)(F)c1ccc(CC(Cl)C2CC2)cc1. The van der Waals surface area contributed by atoms with Crippen LogP contribution in [0.1, 0.15) is 24.0 Å². The zero-order valence-corrected chi connectivity index (χ0v) is 9.35. The second kappa shape index (κ2) is 4.28. The molecular weight excluding hydrogens is 237 g/mol. The molecule has 1 aromatic rings. The summed E-state index contributed by atoms with van der Waals surface area (Å²) in [5.74, 6) is 0.559. The predicted octanol–water partition coefficient (Wildman–Crippen LogP) is 4.27. The largest absolute Gasteiger partial charge is 0.416 e. The topological polar surface area (TPSA) is 0 Å². The molecule has 0 heterocycles. The van der Waals surface area contributed by atoms with Gasteiger partial charge in [-0.1, -0.05) is 12.1 Å². The highest BCUT2D eigenvalue weighted by Gasteiger charge is 2.31. The van der Waals surface area contributed by atoms with E-state index in [-0.39, 0.29) is 5.38 Å². The summed E-state index contributed by atoms with van der Waals surface area (Å²) in [5.41, 5.74) is 0.272. The Morgan fingerprint density at radius 2 is 1.75 bits per heavy atom. The second-order valence-electron chi connectivity index (χ2n) is 4.25. The summed E-state index contributed by atoms with van der Waals surface area (Å²) in [7, 11) is 0. The van der Waals surface area contributed by atoms with Crippen molar-refractivity contribution in [1.82, 2.24) is 0 Å². The van der Waals surface area contributed by atoms with Crippen molar-refractivity contribution in [3.05, 3.63) is 35.4 Å². The summed E-state index contributed by atoms with van der Waals surface area (Å²) in [6.07, 6.45) is -1.30. The highest BCUT2D eigenvalue weighted by molar-refractivity contribution is 6.21. The van der Waals surface area contributed by atoms with Crippen LogP contribution in [0.25, 0.3) is 0 Å². The van der Waals surface area contributed by atoms with Gasteiger partial charge in [-0.05, 0) is 42.9 Å². The lowest BCUT2D eigenvalue weighted by Crippen LogP contribution is -2.07. The Balaban J connectivity index is 2.01. The van der Waals surface area contributed by atoms with Gasteiger partial charge in [0.1, 0.15) is 0 Å². The first-order chi connectivity index (χ1) is 7.47. The molecule has 1 aliphatic rings. The van der Waals surface area contributed by atoms with E-state index in [9.17, 15) is 13.2 Å². The Kier molecular flexibility index (Phi) is 3.15. The summed E-state index contributed by atoms with van der Waals surface area (Å²) in [6.45, 7) is 0. The van der Waals surface area contributed by atoms with Gasteiger partial charge in [0.05, 0.1) is 5.56 Å². The van der Waals surface area contributed by atoms with Crippen LogP contribution in [-0.4, -0.2) is 5.38 Å². The second-order valence-corrected chi connectivity index (χ2v) is 4.81. The molecule has 0 amide bonds. The molecule has 0 spiro atoms. The molecule has 1 fully saturated rings. The molecular formula is C12H12ClF3. The third-order valence-electron chi connectivity index (χ3n) is 2.85. The van der Waals surface area contributed by atoms with E-state index >= 15 is 0 Å². The first kappa shape index (κ1) is 11.8. The van der Waals surface area contributed by atoms with Crippen molar-refractivity contribution in [2.75, 3.05) is 0 Å². The van der Waals surface area contributed by atoms with Gasteiger partial charge >= 0.3 is 6.18 Å². The monoisotopic (exact) mass is 248 g/mol. The van der Waals surface area contributed by atoms with E-state index in [1.54, 1.807) is 0 Å². The van der Waals surface area contributed by atoms with Crippen LogP contribution in [0.15, 0.2) is 24.3 Å². The van der Waals surface area contributed by atoms with Gasteiger partial charge in [-0.25, -0.2) is 0 Å². The molecule has 16 heavy (non-hydrogen) atoms. The van der Waals surface area contributed by atoms with Crippen LogP contribution in [0.5, 0.6) is 0 Å². The average Bonchev–Trinajstić information content (AvgIpc) is 3.00. The zero-order valence-electron chi connectivity index (χ0n) is 8.60. The molecule has 88 valence electrons. The lowest BCUT2D eigenvalue weighted by atomic mass is 10.0. The number of rotatable bonds is 3. The van der Waals surface area contributed by atoms with Crippen LogP contribution in [-0.2, 0) is 12.6 Å². The van der Waals surface area contributed by atoms with Crippen LogP contribution < -0.4 is 0 Å². The van der Waals surface area contributed by atoms with Gasteiger partial charge in [0.2, 0.25) is 0 Å². The minimum atomic E-state index is -4.25. The molecule has 0 aliphatic heterocycles. The number of halogens is 4. The van der Waals surface area contributed by atoms with Gasteiger partial charge in [-0.15, -0.1) is 11.6 Å². The Hall–Kier alpha value is -0.700. The first-order valence-corrected chi connectivity index (χ1v) is 5.70. The average molecular weight is 249 g/mol. The minimum absolute atomic E-state index is 0.0664. The van der Waals surface area contributed by atoms with Crippen molar-refractivity contribution < 1.29 is 13.2 Å². The maximum absolute atomic E-state index is 12.3. The van der Waals surface area contributed by atoms with Gasteiger partial charge in [0, 0.05) is 5.38 Å². The standard InChI is InChI=1S/C12H12ClF3/c13-11(9-3-4-9)7-8-1-5-10(6-2-8)12(14,15)16/h1-2,5-6,9,11H,3-4,7H2. The highest BCUT2D eigenvalue weighted by Crippen LogP contribution is 2.37. The Labute approximate surface area is 97.4 Å². The summed E-state index contributed by atoms with van der Waals surface area (Å²) >= 11 is 6.12. The minimum Gasteiger partial charge on any atom is -0.166 e. The Bertz CT molecular complexity index is 352. The number of hydrogen-bond donors (Lipinski definition) is 0. The maximum atomic E-state index is 12.3. The van der Waals surface area contributed by atoms with Gasteiger partial charge in [-0.3, -0.25) is 0 Å². The third-order valence-corrected chi connectivity index (χ3v) is 3.36. The van der Waals surface area contributed by atoms with Crippen molar-refractivity contribution in [2.45, 2.75) is 30.8 Å². The van der Waals surface area contributed by atoms with Crippen molar-refractivity contribution in [2.24, 2.45) is 5.92 Å². The molecule has 0 aromatic heterocycles. The van der Waals surface area contributed by atoms with Gasteiger partial charge in [0.25, 0.3) is 0 Å². The summed E-state index contributed by atoms with van der Waals surface area (Å²) in [6, 6.07) is 5.26. The Morgan fingerprint density at radius 3 is 2.19 bits per heavy atom. The molecule has 4 heteroatoms. The smallest absolute Gasteiger partial charge is 0.166 e. The summed E-state index contributed by atoms with van der Waals surface area (Å²) in [5, 5.41) is 0.0664. The molecule has 1 aliphatic carbocycles. The van der Waals surface area contributed by atoms with Gasteiger partial charge in [0.15, 0.2) is 0 Å². The molecule has 0 saturated heterocycles. The molecule has 2 rings (SSSR count). The fourth-order valence-corrected chi connectivity index (χ4v) is 2.11. The molecule has 1 aromatic carbocycles. The van der Waals surface area contributed by atoms with E-state index in [0.29, 0.717) is 12.3 Å². The highest BCUT2D eigenvalue weighted by atomic mass is 35.5. The summed E-state index contributed by atoms with van der Waals surface area (Å²) < 4.78 is 36.9. The van der Waals surface area contributed by atoms with Crippen LogP contribution in [0, 0.1) is 5.92 Å². The maximum Gasteiger partial charge on any atom is 0.416 e. The number of benzene rings is 1. The molecule has 1 unspecified atom stereocenters. The normalized spacial score (nSPS) is 18.5. The van der Waals surface area contributed by atoms with Crippen LogP contribution in [0.4, 0.5) is 13.2 Å². The van der Waals surface area contributed by atoms with E-state index in [0.717, 1.165) is 30.5 Å². The quantitative estimate of drug-likeness (QED) is 0.701. The summed E-state index contributed by atoms with van der Waals surface area (Å²) in [4.78, 5) is 0. The number of alkyl halides is 4. The molecule has 0 N–H and O–H groups in total. The van der Waals surface area contributed by atoms with Crippen molar-refractivity contribution >= 4 is 11.6 Å². The number of hydrogen-bond acceptors (Lipinski definition) is 0. The van der Waals surface area contributed by atoms with Gasteiger partial charge < -0.3 is 0 Å². The van der Waals surface area contributed by atoms with Crippen LogP contribution >= 0.6 is 11.6 Å². The molecule has 0 nitrogen and oxygen atoms in total. The lowest BCUT2D eigenvalue weighted by Gasteiger charge is -2.10. The molecule has 0 radical (unpaired) electrons. The third kappa shape index (κ3) is 2.91. The van der Waals surface area contributed by atoms with E-state index in [1.807, 2.05) is 0 Å². The van der Waals surface area contributed by atoms with Gasteiger partial charge in [-0.2, -0.15) is 13.2 Å².